The number of piperazine rings is 1. The van der Waals surface area contributed by atoms with E-state index in [1.807, 2.05) is 6.92 Å². The second-order valence-electron chi connectivity index (χ2n) is 8.04. The van der Waals surface area contributed by atoms with Gasteiger partial charge in [-0.2, -0.15) is 0 Å². The van der Waals surface area contributed by atoms with Gasteiger partial charge in [-0.1, -0.05) is 6.92 Å². The molecular formula is C21H32N4O4S. The third-order valence-electron chi connectivity index (χ3n) is 5.90. The number of hydrogen-bond donors (Lipinski definition) is 0. The Morgan fingerprint density at radius 3 is 2.10 bits per heavy atom. The van der Waals surface area contributed by atoms with Crippen LogP contribution in [0.25, 0.3) is 0 Å². The third kappa shape index (κ3) is 4.62. The Morgan fingerprint density at radius 1 is 0.933 bits per heavy atom. The molecule has 1 aromatic rings. The lowest BCUT2D eigenvalue weighted by atomic mass is 10.1. The standard InChI is InChI=1S/C21H32N4O4S/c1-4-20(26)24-12-14-25(15-13-24)21(27)18-16-17(30(28,29)22(2)3)8-9-19(18)23-10-6-5-7-11-23/h8-9,16H,4-7,10-15H2,1-3H3. The van der Waals surface area contributed by atoms with Crippen molar-refractivity contribution < 1.29 is 18.0 Å². The van der Waals surface area contributed by atoms with Crippen molar-refractivity contribution in [1.29, 1.82) is 0 Å². The van der Waals surface area contributed by atoms with Gasteiger partial charge in [-0.3, -0.25) is 9.59 Å². The summed E-state index contributed by atoms with van der Waals surface area (Å²) >= 11 is 0. The van der Waals surface area contributed by atoms with Crippen molar-refractivity contribution in [3.8, 4) is 0 Å². The molecule has 0 atom stereocenters. The van der Waals surface area contributed by atoms with Crippen LogP contribution in [0, 0.1) is 0 Å². The molecule has 9 heteroatoms. The van der Waals surface area contributed by atoms with Crippen molar-refractivity contribution >= 4 is 27.5 Å². The van der Waals surface area contributed by atoms with E-state index in [4.69, 9.17) is 0 Å². The number of benzene rings is 1. The first-order chi connectivity index (χ1) is 14.3. The van der Waals surface area contributed by atoms with Crippen LogP contribution in [0.5, 0.6) is 0 Å². The summed E-state index contributed by atoms with van der Waals surface area (Å²) in [5, 5.41) is 0. The highest BCUT2D eigenvalue weighted by atomic mass is 32.2. The number of anilines is 1. The number of hydrogen-bond acceptors (Lipinski definition) is 5. The smallest absolute Gasteiger partial charge is 0.256 e. The summed E-state index contributed by atoms with van der Waals surface area (Å²) in [6.45, 7) is 5.47. The Labute approximate surface area is 179 Å². The second kappa shape index (κ2) is 9.34. The van der Waals surface area contributed by atoms with Crippen molar-refractivity contribution in [3.63, 3.8) is 0 Å². The molecule has 0 aliphatic carbocycles. The molecule has 0 radical (unpaired) electrons. The van der Waals surface area contributed by atoms with Crippen molar-refractivity contribution in [1.82, 2.24) is 14.1 Å². The third-order valence-corrected chi connectivity index (χ3v) is 7.71. The van der Waals surface area contributed by atoms with Crippen molar-refractivity contribution in [2.45, 2.75) is 37.5 Å². The van der Waals surface area contributed by atoms with Crippen LogP contribution in [0.3, 0.4) is 0 Å². The molecule has 0 spiro atoms. The van der Waals surface area contributed by atoms with E-state index >= 15 is 0 Å². The van der Waals surface area contributed by atoms with E-state index < -0.39 is 10.0 Å². The lowest BCUT2D eigenvalue weighted by molar-refractivity contribution is -0.132. The van der Waals surface area contributed by atoms with Gasteiger partial charge in [0, 0.05) is 65.5 Å². The molecule has 2 heterocycles. The zero-order valence-corrected chi connectivity index (χ0v) is 18.9. The highest BCUT2D eigenvalue weighted by molar-refractivity contribution is 7.89. The van der Waals surface area contributed by atoms with Crippen LogP contribution in [0.2, 0.25) is 0 Å². The van der Waals surface area contributed by atoms with Crippen LogP contribution in [-0.4, -0.2) is 87.7 Å². The fraction of sp³-hybridized carbons (Fsp3) is 0.619. The molecule has 2 fully saturated rings. The maximum Gasteiger partial charge on any atom is 0.256 e. The molecule has 0 unspecified atom stereocenters. The highest BCUT2D eigenvalue weighted by Gasteiger charge is 2.29. The average Bonchev–Trinajstić information content (AvgIpc) is 2.78. The number of amides is 2. The summed E-state index contributed by atoms with van der Waals surface area (Å²) in [6.07, 6.45) is 3.74. The Bertz CT molecular complexity index is 886. The first kappa shape index (κ1) is 22.6. The molecule has 2 aliphatic rings. The molecule has 2 amide bonds. The number of piperidine rings is 1. The molecule has 0 bridgehead atoms. The summed E-state index contributed by atoms with van der Waals surface area (Å²) < 4.78 is 26.5. The van der Waals surface area contributed by atoms with Gasteiger partial charge in [-0.25, -0.2) is 12.7 Å². The summed E-state index contributed by atoms with van der Waals surface area (Å²) in [7, 11) is -0.672. The Hall–Kier alpha value is -2.13. The van der Waals surface area contributed by atoms with Crippen LogP contribution < -0.4 is 4.90 Å². The minimum Gasteiger partial charge on any atom is -0.371 e. The van der Waals surface area contributed by atoms with E-state index in [0.29, 0.717) is 38.2 Å². The predicted molar refractivity (Wildman–Crippen MR) is 116 cm³/mol. The molecule has 3 rings (SSSR count). The summed E-state index contributed by atoms with van der Waals surface area (Å²) in [5.74, 6) is -0.0786. The van der Waals surface area contributed by atoms with Gasteiger partial charge in [-0.05, 0) is 37.5 Å². The molecule has 0 aromatic heterocycles. The highest BCUT2D eigenvalue weighted by Crippen LogP contribution is 2.29. The number of carbonyl (C=O) groups excluding carboxylic acids is 2. The zero-order valence-electron chi connectivity index (χ0n) is 18.1. The minimum absolute atomic E-state index is 0.0928. The first-order valence-electron chi connectivity index (χ1n) is 10.6. The van der Waals surface area contributed by atoms with E-state index in [1.165, 1.54) is 26.6 Å². The van der Waals surface area contributed by atoms with Gasteiger partial charge in [0.2, 0.25) is 15.9 Å². The topological polar surface area (TPSA) is 81.2 Å². The summed E-state index contributed by atoms with van der Waals surface area (Å²) in [4.78, 5) is 31.2. The van der Waals surface area contributed by atoms with Crippen molar-refractivity contribution in [2.24, 2.45) is 0 Å². The van der Waals surface area contributed by atoms with Crippen molar-refractivity contribution in [2.75, 3.05) is 58.3 Å². The predicted octanol–water partition coefficient (Wildman–Crippen LogP) is 1.62. The monoisotopic (exact) mass is 436 g/mol. The second-order valence-corrected chi connectivity index (χ2v) is 10.2. The number of nitrogens with zero attached hydrogens (tertiary/aromatic N) is 4. The van der Waals surface area contributed by atoms with Crippen LogP contribution in [0.15, 0.2) is 23.1 Å². The lowest BCUT2D eigenvalue weighted by Gasteiger charge is -2.36. The van der Waals surface area contributed by atoms with Gasteiger partial charge in [-0.15, -0.1) is 0 Å². The maximum atomic E-state index is 13.4. The van der Waals surface area contributed by atoms with Gasteiger partial charge in [0.1, 0.15) is 0 Å². The molecule has 166 valence electrons. The quantitative estimate of drug-likeness (QED) is 0.701. The summed E-state index contributed by atoms with van der Waals surface area (Å²) in [5.41, 5.74) is 1.22. The van der Waals surface area contributed by atoms with Crippen LogP contribution >= 0.6 is 0 Å². The van der Waals surface area contributed by atoms with Crippen molar-refractivity contribution in [3.05, 3.63) is 23.8 Å². The lowest BCUT2D eigenvalue weighted by Crippen LogP contribution is -2.50. The van der Waals surface area contributed by atoms with Crippen LogP contribution in [0.1, 0.15) is 43.0 Å². The molecule has 2 aliphatic heterocycles. The largest absolute Gasteiger partial charge is 0.371 e. The van der Waals surface area contributed by atoms with Gasteiger partial charge < -0.3 is 14.7 Å². The van der Waals surface area contributed by atoms with Crippen LogP contribution in [0.4, 0.5) is 5.69 Å². The molecule has 8 nitrogen and oxygen atoms in total. The SMILES string of the molecule is CCC(=O)N1CCN(C(=O)c2cc(S(=O)(=O)N(C)C)ccc2N2CCCCC2)CC1. The average molecular weight is 437 g/mol. The van der Waals surface area contributed by atoms with E-state index in [-0.39, 0.29) is 16.7 Å². The Kier molecular flexibility index (Phi) is 7.02. The molecule has 1 aromatic carbocycles. The molecule has 2 saturated heterocycles. The number of carbonyl (C=O) groups is 2. The van der Waals surface area contributed by atoms with Crippen LogP contribution in [-0.2, 0) is 14.8 Å². The molecular weight excluding hydrogens is 404 g/mol. The van der Waals surface area contributed by atoms with Gasteiger partial charge in [0.15, 0.2) is 0 Å². The minimum atomic E-state index is -3.64. The normalized spacial score (nSPS) is 18.1. The molecule has 30 heavy (non-hydrogen) atoms. The number of rotatable bonds is 5. The number of sulfonamides is 1. The van der Waals surface area contributed by atoms with E-state index in [0.717, 1.165) is 35.9 Å². The van der Waals surface area contributed by atoms with Gasteiger partial charge >= 0.3 is 0 Å². The summed E-state index contributed by atoms with van der Waals surface area (Å²) in [6, 6.07) is 4.88. The Balaban J connectivity index is 1.91. The van der Waals surface area contributed by atoms with Gasteiger partial charge in [0.05, 0.1) is 10.5 Å². The van der Waals surface area contributed by atoms with Gasteiger partial charge in [0.25, 0.3) is 5.91 Å². The fourth-order valence-electron chi connectivity index (χ4n) is 4.02. The first-order valence-corrected chi connectivity index (χ1v) is 12.1. The van der Waals surface area contributed by atoms with E-state index in [9.17, 15) is 18.0 Å². The molecule has 0 N–H and O–H groups in total. The van der Waals surface area contributed by atoms with E-state index in [1.54, 1.807) is 21.9 Å². The maximum absolute atomic E-state index is 13.4. The molecule has 0 saturated carbocycles. The Morgan fingerprint density at radius 2 is 1.53 bits per heavy atom. The zero-order chi connectivity index (χ0) is 21.9. The fourth-order valence-corrected chi connectivity index (χ4v) is 4.95. The van der Waals surface area contributed by atoms with E-state index in [2.05, 4.69) is 4.90 Å².